The van der Waals surface area contributed by atoms with Crippen molar-refractivity contribution in [3.8, 4) is 11.6 Å². The van der Waals surface area contributed by atoms with E-state index in [2.05, 4.69) is 20.0 Å². The Morgan fingerprint density at radius 3 is 2.63 bits per heavy atom. The molecule has 17 heteroatoms. The number of nitrogens with one attached hydrogen (secondary N) is 1. The molecule has 1 fully saturated rings. The zero-order valence-electron chi connectivity index (χ0n) is 22.6. The van der Waals surface area contributed by atoms with Crippen LogP contribution in [0.5, 0.6) is 11.6 Å². The van der Waals surface area contributed by atoms with E-state index in [1.54, 1.807) is 51.1 Å². The lowest BCUT2D eigenvalue weighted by molar-refractivity contribution is -0.149. The molecule has 4 N–H and O–H groups in total. The molecule has 224 valence electrons. The first kappa shape index (κ1) is 31.2. The quantitative estimate of drug-likeness (QED) is 0.150. The van der Waals surface area contributed by atoms with E-state index in [1.807, 2.05) is 0 Å². The Morgan fingerprint density at radius 1 is 1.27 bits per heavy atom. The molecule has 0 amide bonds. The zero-order chi connectivity index (χ0) is 29.9. The molecule has 1 aliphatic heterocycles. The van der Waals surface area contributed by atoms with Gasteiger partial charge in [-0.3, -0.25) is 13.9 Å². The molecule has 0 spiro atoms. The van der Waals surface area contributed by atoms with Gasteiger partial charge >= 0.3 is 13.7 Å². The number of nitrogens with zero attached hydrogens (tertiary/aromatic N) is 4. The minimum atomic E-state index is -4.26. The molecule has 2 aromatic heterocycles. The van der Waals surface area contributed by atoms with Gasteiger partial charge in [-0.05, 0) is 39.8 Å². The van der Waals surface area contributed by atoms with Crippen molar-refractivity contribution >= 4 is 54.0 Å². The minimum Gasteiger partial charge on any atom is -0.476 e. The summed E-state index contributed by atoms with van der Waals surface area (Å²) in [6.45, 7) is 6.38. The van der Waals surface area contributed by atoms with Gasteiger partial charge in [0.25, 0.3) is 0 Å². The van der Waals surface area contributed by atoms with Gasteiger partial charge in [0, 0.05) is 0 Å². The fraction of sp³-hybridized carbons (Fsp3) is 0.500. The lowest BCUT2D eigenvalue weighted by atomic mass is 10.2. The number of alkyl halides is 2. The van der Waals surface area contributed by atoms with Crippen molar-refractivity contribution in [1.29, 1.82) is 0 Å². The van der Waals surface area contributed by atoms with Crippen LogP contribution in [0.4, 0.5) is 5.95 Å². The Labute approximate surface area is 246 Å². The standard InChI is InChI=1S/C24H31Cl2N6O8P/c1-5-36-20-17-19(29-23(27)30-20)32(12-28-17)22-24(25,26)18(33)16(39-22)11-37-41(35,40-15-9-7-6-8-10-15)31-14(4)21(34)38-13(2)3/h6-10,12-14,16,18,22,33H,5,11H2,1-4H3,(H,31,35)(H2,27,29,30)/t14-,16-,18-,22-,41-/m1/s1. The van der Waals surface area contributed by atoms with Crippen molar-refractivity contribution in [3.63, 3.8) is 0 Å². The maximum absolute atomic E-state index is 13.8. The molecule has 0 bridgehead atoms. The van der Waals surface area contributed by atoms with Gasteiger partial charge in [-0.1, -0.05) is 41.4 Å². The second-order valence-electron chi connectivity index (χ2n) is 9.32. The number of hydrogen-bond acceptors (Lipinski definition) is 12. The number of imidazole rings is 1. The molecule has 4 rings (SSSR count). The topological polar surface area (TPSA) is 182 Å². The molecule has 0 unspecified atom stereocenters. The van der Waals surface area contributed by atoms with Gasteiger partial charge in [-0.15, -0.1) is 0 Å². The van der Waals surface area contributed by atoms with E-state index >= 15 is 0 Å². The lowest BCUT2D eigenvalue weighted by Gasteiger charge is -2.25. The van der Waals surface area contributed by atoms with Crippen molar-refractivity contribution in [2.75, 3.05) is 18.9 Å². The maximum atomic E-state index is 13.8. The fourth-order valence-electron chi connectivity index (χ4n) is 3.93. The lowest BCUT2D eigenvalue weighted by Crippen LogP contribution is -2.39. The number of halogens is 2. The number of rotatable bonds is 12. The smallest absolute Gasteiger partial charge is 0.459 e. The molecule has 1 saturated heterocycles. The minimum absolute atomic E-state index is 0.0916. The van der Waals surface area contributed by atoms with Gasteiger partial charge in [-0.2, -0.15) is 15.1 Å². The number of nitrogens with two attached hydrogens (primary N) is 1. The number of aliphatic hydroxyl groups excluding tert-OH is 1. The van der Waals surface area contributed by atoms with Crippen LogP contribution in [-0.4, -0.2) is 72.5 Å². The second kappa shape index (κ2) is 12.7. The Bertz CT molecular complexity index is 1410. The maximum Gasteiger partial charge on any atom is 0.459 e. The molecule has 0 saturated carbocycles. The number of nitrogen functional groups attached to an aromatic ring is 1. The molecular weight excluding hydrogens is 602 g/mol. The summed E-state index contributed by atoms with van der Waals surface area (Å²) in [7, 11) is -4.26. The van der Waals surface area contributed by atoms with Gasteiger partial charge in [0.1, 0.15) is 24.0 Å². The number of fused-ring (bicyclic) bond motifs is 1. The number of benzene rings is 1. The normalized spacial score (nSPS) is 22.4. The van der Waals surface area contributed by atoms with Crippen LogP contribution in [0.25, 0.3) is 11.2 Å². The summed E-state index contributed by atoms with van der Waals surface area (Å²) in [6, 6.07) is 7.13. The highest BCUT2D eigenvalue weighted by Crippen LogP contribution is 2.50. The fourth-order valence-corrected chi connectivity index (χ4v) is 6.02. The largest absolute Gasteiger partial charge is 0.476 e. The van der Waals surface area contributed by atoms with Crippen molar-refractivity contribution in [2.45, 2.75) is 62.6 Å². The first-order chi connectivity index (χ1) is 19.3. The number of hydrogen-bond donors (Lipinski definition) is 3. The average Bonchev–Trinajstić information content (AvgIpc) is 3.41. The summed E-state index contributed by atoms with van der Waals surface area (Å²) in [5, 5.41) is 13.6. The molecule has 14 nitrogen and oxygen atoms in total. The molecule has 41 heavy (non-hydrogen) atoms. The number of aromatic nitrogens is 4. The third-order valence-corrected chi connectivity index (χ3v) is 8.22. The predicted molar refractivity (Wildman–Crippen MR) is 150 cm³/mol. The summed E-state index contributed by atoms with van der Waals surface area (Å²) in [5.41, 5.74) is 6.32. The Hall–Kier alpha value is -2.71. The highest BCUT2D eigenvalue weighted by atomic mass is 35.5. The number of esters is 1. The van der Waals surface area contributed by atoms with Gasteiger partial charge in [0.05, 0.1) is 25.6 Å². The van der Waals surface area contributed by atoms with E-state index in [1.165, 1.54) is 17.8 Å². The van der Waals surface area contributed by atoms with E-state index in [4.69, 9.17) is 52.2 Å². The average molecular weight is 633 g/mol. The van der Waals surface area contributed by atoms with Gasteiger partial charge in [0.2, 0.25) is 11.8 Å². The summed E-state index contributed by atoms with van der Waals surface area (Å²) in [4.78, 5) is 24.9. The van der Waals surface area contributed by atoms with Crippen LogP contribution in [0.3, 0.4) is 0 Å². The highest BCUT2D eigenvalue weighted by Gasteiger charge is 2.56. The molecule has 3 heterocycles. The summed E-state index contributed by atoms with van der Waals surface area (Å²) in [6.07, 6.45) is -3.02. The third kappa shape index (κ3) is 7.03. The molecule has 1 aromatic carbocycles. The first-order valence-electron chi connectivity index (χ1n) is 12.7. The van der Waals surface area contributed by atoms with Crippen molar-refractivity contribution < 1.29 is 37.7 Å². The Balaban J connectivity index is 1.56. The van der Waals surface area contributed by atoms with Crippen LogP contribution in [0.1, 0.15) is 33.9 Å². The zero-order valence-corrected chi connectivity index (χ0v) is 25.0. The Morgan fingerprint density at radius 2 is 1.98 bits per heavy atom. The van der Waals surface area contributed by atoms with Gasteiger partial charge in [0.15, 0.2) is 21.7 Å². The van der Waals surface area contributed by atoms with Crippen LogP contribution >= 0.6 is 30.9 Å². The molecule has 3 aromatic rings. The van der Waals surface area contributed by atoms with Crippen molar-refractivity contribution in [2.24, 2.45) is 0 Å². The molecule has 5 atom stereocenters. The van der Waals surface area contributed by atoms with E-state index in [0.717, 1.165) is 0 Å². The van der Waals surface area contributed by atoms with Crippen molar-refractivity contribution in [3.05, 3.63) is 36.7 Å². The van der Waals surface area contributed by atoms with Crippen LogP contribution in [-0.2, 0) is 23.4 Å². The number of aliphatic hydroxyl groups is 1. The second-order valence-corrected chi connectivity index (χ2v) is 12.5. The highest BCUT2D eigenvalue weighted by molar-refractivity contribution is 7.52. The molecule has 0 aliphatic carbocycles. The molecular formula is C24H31Cl2N6O8P. The van der Waals surface area contributed by atoms with E-state index in [9.17, 15) is 14.5 Å². The van der Waals surface area contributed by atoms with Gasteiger partial charge < -0.3 is 29.6 Å². The summed E-state index contributed by atoms with van der Waals surface area (Å²) >= 11 is 13.1. The third-order valence-electron chi connectivity index (χ3n) is 5.75. The van der Waals surface area contributed by atoms with Crippen LogP contribution in [0, 0.1) is 0 Å². The van der Waals surface area contributed by atoms with E-state index in [-0.39, 0.29) is 28.7 Å². The molecule has 0 radical (unpaired) electrons. The first-order valence-corrected chi connectivity index (χ1v) is 15.0. The number of para-hydroxylation sites is 1. The summed E-state index contributed by atoms with van der Waals surface area (Å²) in [5.74, 6) is -0.407. The number of ether oxygens (including phenoxy) is 3. The van der Waals surface area contributed by atoms with E-state index in [0.29, 0.717) is 6.61 Å². The Kier molecular flexibility index (Phi) is 9.64. The SMILES string of the molecule is CCOc1nc(N)nc2c1ncn2[C@@H]1O[C@H](CO[P@](=O)(N[C@H](C)C(=O)OC(C)C)Oc2ccccc2)[C@@H](O)C1(Cl)Cl. The summed E-state index contributed by atoms with van der Waals surface area (Å²) < 4.78 is 41.2. The van der Waals surface area contributed by atoms with Gasteiger partial charge in [-0.25, -0.2) is 9.55 Å². The van der Waals surface area contributed by atoms with Crippen molar-refractivity contribution in [1.82, 2.24) is 24.6 Å². The number of anilines is 1. The van der Waals surface area contributed by atoms with Crippen LogP contribution in [0.15, 0.2) is 36.7 Å². The molecule has 1 aliphatic rings. The predicted octanol–water partition coefficient (Wildman–Crippen LogP) is 3.37. The monoisotopic (exact) mass is 632 g/mol. The number of carbonyl (C=O) groups excluding carboxylic acids is 1. The van der Waals surface area contributed by atoms with E-state index < -0.39 is 55.2 Å². The van der Waals surface area contributed by atoms with Crippen LogP contribution in [0.2, 0.25) is 0 Å². The van der Waals surface area contributed by atoms with Crippen LogP contribution < -0.4 is 20.1 Å². The number of carbonyl (C=O) groups is 1.